The van der Waals surface area contributed by atoms with E-state index < -0.39 is 5.82 Å². The number of nitrogens with two attached hydrogens (primary N) is 1. The monoisotopic (exact) mass is 322 g/mol. The summed E-state index contributed by atoms with van der Waals surface area (Å²) in [5.41, 5.74) is 6.90. The Kier molecular flexibility index (Phi) is 4.16. The van der Waals surface area contributed by atoms with Gasteiger partial charge in [-0.25, -0.2) is 4.39 Å². The molecule has 0 bridgehead atoms. The second kappa shape index (κ2) is 5.84. The number of amides is 1. The van der Waals surface area contributed by atoms with E-state index in [1.165, 1.54) is 12.1 Å². The number of carbonyl (C=O) groups is 1. The molecule has 3 nitrogen and oxygen atoms in total. The molecule has 0 aliphatic carbocycles. The van der Waals surface area contributed by atoms with E-state index in [-0.39, 0.29) is 17.2 Å². The van der Waals surface area contributed by atoms with Gasteiger partial charge in [-0.15, -0.1) is 0 Å². The van der Waals surface area contributed by atoms with Crippen molar-refractivity contribution in [1.82, 2.24) is 5.32 Å². The molecule has 19 heavy (non-hydrogen) atoms. The fourth-order valence-corrected chi connectivity index (χ4v) is 1.89. The van der Waals surface area contributed by atoms with Crippen molar-refractivity contribution < 1.29 is 9.18 Å². The summed E-state index contributed by atoms with van der Waals surface area (Å²) in [5, 5.41) is 2.71. The Morgan fingerprint density at radius 1 is 1.21 bits per heavy atom. The maximum atomic E-state index is 13.1. The van der Waals surface area contributed by atoms with E-state index >= 15 is 0 Å². The Morgan fingerprint density at radius 3 is 2.53 bits per heavy atom. The molecule has 5 heteroatoms. The normalized spacial score (nSPS) is 10.2. The van der Waals surface area contributed by atoms with Gasteiger partial charge in [-0.05, 0) is 35.9 Å². The van der Waals surface area contributed by atoms with Crippen LogP contribution in [0.5, 0.6) is 0 Å². The van der Waals surface area contributed by atoms with Crippen LogP contribution in [0, 0.1) is 5.82 Å². The standard InChI is InChI=1S/C14H12BrFN2O/c15-11-3-1-9(2-4-11)8-18-14(19)10-5-12(16)7-13(17)6-10/h1-7H,8,17H2,(H,18,19). The Balaban J connectivity index is 2.03. The minimum absolute atomic E-state index is 0.217. The number of anilines is 1. The van der Waals surface area contributed by atoms with Crippen molar-refractivity contribution in [2.24, 2.45) is 0 Å². The van der Waals surface area contributed by atoms with E-state index in [1.54, 1.807) is 0 Å². The molecule has 0 radical (unpaired) electrons. The molecule has 98 valence electrons. The SMILES string of the molecule is Nc1cc(F)cc(C(=O)NCc2ccc(Br)cc2)c1. The van der Waals surface area contributed by atoms with E-state index in [0.717, 1.165) is 16.1 Å². The van der Waals surface area contributed by atoms with E-state index in [1.807, 2.05) is 24.3 Å². The topological polar surface area (TPSA) is 55.1 Å². The number of halogens is 2. The lowest BCUT2D eigenvalue weighted by Crippen LogP contribution is -2.23. The lowest BCUT2D eigenvalue weighted by Gasteiger charge is -2.06. The molecular formula is C14H12BrFN2O. The number of nitrogen functional groups attached to an aromatic ring is 1. The molecule has 0 aliphatic rings. The molecule has 1 amide bonds. The predicted octanol–water partition coefficient (Wildman–Crippen LogP) is 3.10. The fraction of sp³-hybridized carbons (Fsp3) is 0.0714. The van der Waals surface area contributed by atoms with Crippen LogP contribution in [0.15, 0.2) is 46.9 Å². The molecule has 0 aromatic heterocycles. The number of hydrogen-bond donors (Lipinski definition) is 2. The summed E-state index contributed by atoms with van der Waals surface area (Å²) in [6, 6.07) is 11.3. The van der Waals surface area contributed by atoms with Crippen LogP contribution >= 0.6 is 15.9 Å². The molecule has 0 unspecified atom stereocenters. The largest absolute Gasteiger partial charge is 0.399 e. The van der Waals surface area contributed by atoms with Crippen molar-refractivity contribution in [3.05, 3.63) is 63.9 Å². The minimum Gasteiger partial charge on any atom is -0.399 e. The van der Waals surface area contributed by atoms with Crippen molar-refractivity contribution in [2.75, 3.05) is 5.73 Å². The second-order valence-electron chi connectivity index (χ2n) is 4.08. The van der Waals surface area contributed by atoms with E-state index in [9.17, 15) is 9.18 Å². The Morgan fingerprint density at radius 2 is 1.89 bits per heavy atom. The Labute approximate surface area is 118 Å². The van der Waals surface area contributed by atoms with Crippen molar-refractivity contribution in [2.45, 2.75) is 6.54 Å². The highest BCUT2D eigenvalue weighted by molar-refractivity contribution is 9.10. The van der Waals surface area contributed by atoms with Gasteiger partial charge in [0.15, 0.2) is 0 Å². The van der Waals surface area contributed by atoms with Crippen LogP contribution < -0.4 is 11.1 Å². The molecule has 2 aromatic rings. The zero-order valence-electron chi connectivity index (χ0n) is 9.99. The summed E-state index contributed by atoms with van der Waals surface area (Å²) < 4.78 is 14.1. The quantitative estimate of drug-likeness (QED) is 0.853. The fourth-order valence-electron chi connectivity index (χ4n) is 1.63. The summed E-state index contributed by atoms with van der Waals surface area (Å²) >= 11 is 3.34. The van der Waals surface area contributed by atoms with Gasteiger partial charge in [-0.1, -0.05) is 28.1 Å². The zero-order valence-corrected chi connectivity index (χ0v) is 11.6. The van der Waals surface area contributed by atoms with Gasteiger partial charge in [0.05, 0.1) is 0 Å². The van der Waals surface area contributed by atoms with E-state index in [0.29, 0.717) is 6.54 Å². The number of nitrogens with one attached hydrogen (secondary N) is 1. The highest BCUT2D eigenvalue weighted by Crippen LogP contribution is 2.12. The smallest absolute Gasteiger partial charge is 0.251 e. The lowest BCUT2D eigenvalue weighted by molar-refractivity contribution is 0.0950. The van der Waals surface area contributed by atoms with Gasteiger partial charge in [0.25, 0.3) is 5.91 Å². The molecule has 2 aromatic carbocycles. The van der Waals surface area contributed by atoms with Gasteiger partial charge in [0.1, 0.15) is 5.82 Å². The van der Waals surface area contributed by atoms with Crippen LogP contribution in [-0.2, 0) is 6.54 Å². The average Bonchev–Trinajstić information content (AvgIpc) is 2.36. The van der Waals surface area contributed by atoms with Gasteiger partial charge in [0, 0.05) is 22.3 Å². The second-order valence-corrected chi connectivity index (χ2v) is 5.00. The molecule has 0 atom stereocenters. The summed E-state index contributed by atoms with van der Waals surface area (Å²) in [7, 11) is 0. The first-order valence-corrected chi connectivity index (χ1v) is 6.42. The van der Waals surface area contributed by atoms with Crippen molar-refractivity contribution in [3.8, 4) is 0 Å². The molecule has 0 aliphatic heterocycles. The third-order valence-corrected chi connectivity index (χ3v) is 3.08. The third kappa shape index (κ3) is 3.79. The van der Waals surface area contributed by atoms with Gasteiger partial charge in [0.2, 0.25) is 0 Å². The highest BCUT2D eigenvalue weighted by Gasteiger charge is 2.07. The molecule has 0 saturated carbocycles. The van der Waals surface area contributed by atoms with Crippen LogP contribution in [0.1, 0.15) is 15.9 Å². The molecule has 0 spiro atoms. The average molecular weight is 323 g/mol. The molecule has 0 heterocycles. The molecule has 0 saturated heterocycles. The third-order valence-electron chi connectivity index (χ3n) is 2.55. The van der Waals surface area contributed by atoms with Gasteiger partial charge in [-0.3, -0.25) is 4.79 Å². The summed E-state index contributed by atoms with van der Waals surface area (Å²) in [6.45, 7) is 0.378. The highest BCUT2D eigenvalue weighted by atomic mass is 79.9. The van der Waals surface area contributed by atoms with Crippen molar-refractivity contribution in [3.63, 3.8) is 0 Å². The van der Waals surface area contributed by atoms with Crippen LogP contribution in [0.25, 0.3) is 0 Å². The van der Waals surface area contributed by atoms with Crippen LogP contribution in [0.4, 0.5) is 10.1 Å². The lowest BCUT2D eigenvalue weighted by atomic mass is 10.1. The number of rotatable bonds is 3. The zero-order chi connectivity index (χ0) is 13.8. The summed E-state index contributed by atoms with van der Waals surface area (Å²) in [6.07, 6.45) is 0. The van der Waals surface area contributed by atoms with Crippen molar-refractivity contribution >= 4 is 27.5 Å². The Hall–Kier alpha value is -1.88. The van der Waals surface area contributed by atoms with Crippen LogP contribution in [-0.4, -0.2) is 5.91 Å². The Bertz CT molecular complexity index is 579. The predicted molar refractivity (Wildman–Crippen MR) is 76.1 cm³/mol. The first-order valence-electron chi connectivity index (χ1n) is 5.63. The number of benzene rings is 2. The molecule has 0 fully saturated rings. The molecular weight excluding hydrogens is 311 g/mol. The maximum Gasteiger partial charge on any atom is 0.251 e. The minimum atomic E-state index is -0.520. The van der Waals surface area contributed by atoms with Crippen molar-refractivity contribution in [1.29, 1.82) is 0 Å². The maximum absolute atomic E-state index is 13.1. The first kappa shape index (κ1) is 13.5. The van der Waals surface area contributed by atoms with E-state index in [2.05, 4.69) is 21.2 Å². The van der Waals surface area contributed by atoms with Crippen LogP contribution in [0.2, 0.25) is 0 Å². The summed E-state index contributed by atoms with van der Waals surface area (Å²) in [5.74, 6) is -0.872. The van der Waals surface area contributed by atoms with Gasteiger partial charge in [-0.2, -0.15) is 0 Å². The van der Waals surface area contributed by atoms with Crippen LogP contribution in [0.3, 0.4) is 0 Å². The number of hydrogen-bond acceptors (Lipinski definition) is 2. The van der Waals surface area contributed by atoms with Gasteiger partial charge >= 0.3 is 0 Å². The molecule has 2 rings (SSSR count). The molecule has 3 N–H and O–H groups in total. The summed E-state index contributed by atoms with van der Waals surface area (Å²) in [4.78, 5) is 11.8. The number of carbonyl (C=O) groups excluding carboxylic acids is 1. The van der Waals surface area contributed by atoms with E-state index in [4.69, 9.17) is 5.73 Å². The van der Waals surface area contributed by atoms with Gasteiger partial charge < -0.3 is 11.1 Å². The first-order chi connectivity index (χ1) is 9.04.